The molecule has 0 amide bonds. The summed E-state index contributed by atoms with van der Waals surface area (Å²) in [6.45, 7) is 0.777. The quantitative estimate of drug-likeness (QED) is 0.640. The standard InChI is InChI=1S/C23H25N3O2/c1-27-20-10-8-19(9-11-20)23(12-2-3-13-23)26-17-18-6-4-7-21(16-18)28-22-24-14-5-15-25-22/h4-11,14-16,26H,2-3,12-13,17H2,1H3. The van der Waals surface area contributed by atoms with E-state index >= 15 is 0 Å². The first kappa shape index (κ1) is 18.4. The molecule has 5 heteroatoms. The molecule has 1 aliphatic rings. The molecule has 144 valence electrons. The minimum absolute atomic E-state index is 0.0195. The van der Waals surface area contributed by atoms with Crippen LogP contribution < -0.4 is 14.8 Å². The molecule has 1 N–H and O–H groups in total. The van der Waals surface area contributed by atoms with E-state index < -0.39 is 0 Å². The summed E-state index contributed by atoms with van der Waals surface area (Å²) in [6.07, 6.45) is 8.13. The summed E-state index contributed by atoms with van der Waals surface area (Å²) in [7, 11) is 1.70. The second-order valence-corrected chi connectivity index (χ2v) is 7.15. The Bertz CT molecular complexity index is 891. The highest BCUT2D eigenvalue weighted by molar-refractivity contribution is 5.34. The Balaban J connectivity index is 1.48. The van der Waals surface area contributed by atoms with E-state index in [1.807, 2.05) is 30.3 Å². The van der Waals surface area contributed by atoms with Crippen LogP contribution in [0.15, 0.2) is 67.0 Å². The van der Waals surface area contributed by atoms with Crippen LogP contribution in [0.2, 0.25) is 0 Å². The van der Waals surface area contributed by atoms with Gasteiger partial charge in [-0.2, -0.15) is 0 Å². The third-order valence-electron chi connectivity index (χ3n) is 5.38. The van der Waals surface area contributed by atoms with Crippen molar-refractivity contribution in [2.45, 2.75) is 37.8 Å². The zero-order chi connectivity index (χ0) is 19.2. The molecule has 0 unspecified atom stereocenters. The second-order valence-electron chi connectivity index (χ2n) is 7.15. The summed E-state index contributed by atoms with van der Waals surface area (Å²) < 4.78 is 11.1. The van der Waals surface area contributed by atoms with Gasteiger partial charge in [-0.25, -0.2) is 9.97 Å². The average Bonchev–Trinajstić information content (AvgIpc) is 3.24. The number of nitrogens with zero attached hydrogens (tertiary/aromatic N) is 2. The van der Waals surface area contributed by atoms with Crippen molar-refractivity contribution < 1.29 is 9.47 Å². The van der Waals surface area contributed by atoms with Gasteiger partial charge in [0.1, 0.15) is 11.5 Å². The van der Waals surface area contributed by atoms with Gasteiger partial charge in [-0.05, 0) is 54.3 Å². The molecule has 0 radical (unpaired) electrons. The molecule has 1 heterocycles. The van der Waals surface area contributed by atoms with E-state index in [-0.39, 0.29) is 5.54 Å². The van der Waals surface area contributed by atoms with E-state index in [4.69, 9.17) is 9.47 Å². The van der Waals surface area contributed by atoms with Crippen molar-refractivity contribution in [1.82, 2.24) is 15.3 Å². The van der Waals surface area contributed by atoms with Gasteiger partial charge >= 0.3 is 6.01 Å². The predicted octanol–water partition coefficient (Wildman–Crippen LogP) is 4.84. The second kappa shape index (κ2) is 8.40. The Morgan fingerprint density at radius 2 is 1.68 bits per heavy atom. The van der Waals surface area contributed by atoms with Gasteiger partial charge in [-0.15, -0.1) is 0 Å². The molecular formula is C23H25N3O2. The van der Waals surface area contributed by atoms with Gasteiger partial charge in [0.25, 0.3) is 0 Å². The first-order valence-electron chi connectivity index (χ1n) is 9.71. The number of nitrogens with one attached hydrogen (secondary N) is 1. The number of hydrogen-bond acceptors (Lipinski definition) is 5. The molecule has 2 aromatic carbocycles. The molecule has 1 aliphatic carbocycles. The van der Waals surface area contributed by atoms with Gasteiger partial charge in [0, 0.05) is 24.5 Å². The maximum absolute atomic E-state index is 5.76. The monoisotopic (exact) mass is 375 g/mol. The lowest BCUT2D eigenvalue weighted by Crippen LogP contribution is -2.39. The maximum atomic E-state index is 5.76. The van der Waals surface area contributed by atoms with Crippen molar-refractivity contribution in [2.24, 2.45) is 0 Å². The molecular weight excluding hydrogens is 350 g/mol. The fraction of sp³-hybridized carbons (Fsp3) is 0.304. The van der Waals surface area contributed by atoms with Gasteiger partial charge in [0.05, 0.1) is 7.11 Å². The Morgan fingerprint density at radius 3 is 2.39 bits per heavy atom. The van der Waals surface area contributed by atoms with Crippen LogP contribution in [0.25, 0.3) is 0 Å². The normalized spacial score (nSPS) is 15.3. The lowest BCUT2D eigenvalue weighted by atomic mass is 9.88. The zero-order valence-electron chi connectivity index (χ0n) is 16.1. The molecule has 0 aliphatic heterocycles. The van der Waals surface area contributed by atoms with E-state index in [0.717, 1.165) is 30.9 Å². The van der Waals surface area contributed by atoms with Crippen LogP contribution in [0, 0.1) is 0 Å². The van der Waals surface area contributed by atoms with Gasteiger partial charge in [0.15, 0.2) is 0 Å². The summed E-state index contributed by atoms with van der Waals surface area (Å²) in [5, 5.41) is 3.83. The summed E-state index contributed by atoms with van der Waals surface area (Å²) >= 11 is 0. The number of rotatable bonds is 7. The van der Waals surface area contributed by atoms with Gasteiger partial charge < -0.3 is 14.8 Å². The first-order valence-corrected chi connectivity index (χ1v) is 9.71. The molecule has 1 saturated carbocycles. The average molecular weight is 375 g/mol. The number of benzene rings is 2. The highest BCUT2D eigenvalue weighted by Gasteiger charge is 2.34. The maximum Gasteiger partial charge on any atom is 0.321 e. The van der Waals surface area contributed by atoms with Crippen LogP contribution in [0.3, 0.4) is 0 Å². The highest BCUT2D eigenvalue weighted by atomic mass is 16.5. The first-order chi connectivity index (χ1) is 13.8. The van der Waals surface area contributed by atoms with Gasteiger partial charge in [-0.1, -0.05) is 37.1 Å². The molecule has 28 heavy (non-hydrogen) atoms. The summed E-state index contributed by atoms with van der Waals surface area (Å²) in [5.74, 6) is 1.64. The molecule has 0 bridgehead atoms. The number of methoxy groups -OCH3 is 1. The summed E-state index contributed by atoms with van der Waals surface area (Å²) in [4.78, 5) is 8.24. The molecule has 3 aromatic rings. The fourth-order valence-corrected chi connectivity index (χ4v) is 3.89. The number of aromatic nitrogens is 2. The SMILES string of the molecule is COc1ccc(C2(NCc3cccc(Oc4ncccn4)c3)CCCC2)cc1. The molecule has 0 spiro atoms. The van der Waals surface area contributed by atoms with Crippen molar-refractivity contribution >= 4 is 0 Å². The van der Waals surface area contributed by atoms with Crippen molar-refractivity contribution in [2.75, 3.05) is 7.11 Å². The van der Waals surface area contributed by atoms with Crippen LogP contribution >= 0.6 is 0 Å². The third kappa shape index (κ3) is 4.15. The van der Waals surface area contributed by atoms with Crippen molar-refractivity contribution in [3.8, 4) is 17.5 Å². The minimum atomic E-state index is 0.0195. The molecule has 1 aromatic heterocycles. The van der Waals surface area contributed by atoms with E-state index in [9.17, 15) is 0 Å². The Labute approximate surface area is 165 Å². The van der Waals surface area contributed by atoms with Crippen molar-refractivity contribution in [1.29, 1.82) is 0 Å². The minimum Gasteiger partial charge on any atom is -0.497 e. The zero-order valence-corrected chi connectivity index (χ0v) is 16.1. The van der Waals surface area contributed by atoms with Crippen LogP contribution in [0.5, 0.6) is 17.5 Å². The summed E-state index contributed by atoms with van der Waals surface area (Å²) in [6, 6.07) is 18.7. The molecule has 0 saturated heterocycles. The van der Waals surface area contributed by atoms with Crippen LogP contribution in [0.1, 0.15) is 36.8 Å². The summed E-state index contributed by atoms with van der Waals surface area (Å²) in [5.41, 5.74) is 2.52. The Morgan fingerprint density at radius 1 is 0.929 bits per heavy atom. The van der Waals surface area contributed by atoms with E-state index in [1.54, 1.807) is 25.6 Å². The Hall–Kier alpha value is -2.92. The largest absolute Gasteiger partial charge is 0.497 e. The predicted molar refractivity (Wildman–Crippen MR) is 109 cm³/mol. The van der Waals surface area contributed by atoms with Crippen molar-refractivity contribution in [3.05, 3.63) is 78.1 Å². The third-order valence-corrected chi connectivity index (χ3v) is 5.38. The number of ether oxygens (including phenoxy) is 2. The van der Waals surface area contributed by atoms with Crippen LogP contribution in [0.4, 0.5) is 0 Å². The fourth-order valence-electron chi connectivity index (χ4n) is 3.89. The molecule has 1 fully saturated rings. The van der Waals surface area contributed by atoms with Crippen LogP contribution in [-0.4, -0.2) is 17.1 Å². The topological polar surface area (TPSA) is 56.3 Å². The molecule has 5 nitrogen and oxygen atoms in total. The van der Waals surface area contributed by atoms with Gasteiger partial charge in [-0.3, -0.25) is 0 Å². The van der Waals surface area contributed by atoms with Gasteiger partial charge in [0.2, 0.25) is 0 Å². The lowest BCUT2D eigenvalue weighted by Gasteiger charge is -2.31. The number of hydrogen-bond donors (Lipinski definition) is 1. The highest BCUT2D eigenvalue weighted by Crippen LogP contribution is 2.39. The van der Waals surface area contributed by atoms with Crippen molar-refractivity contribution in [3.63, 3.8) is 0 Å². The Kier molecular flexibility index (Phi) is 5.53. The van der Waals surface area contributed by atoms with E-state index in [1.165, 1.54) is 24.0 Å². The molecule has 0 atom stereocenters. The molecule has 4 rings (SSSR count). The lowest BCUT2D eigenvalue weighted by molar-refractivity contribution is 0.337. The van der Waals surface area contributed by atoms with E-state index in [2.05, 4.69) is 33.5 Å². The van der Waals surface area contributed by atoms with Crippen LogP contribution in [-0.2, 0) is 12.1 Å². The smallest absolute Gasteiger partial charge is 0.321 e. The van der Waals surface area contributed by atoms with E-state index in [0.29, 0.717) is 6.01 Å².